The van der Waals surface area contributed by atoms with Crippen molar-refractivity contribution in [3.63, 3.8) is 0 Å². The summed E-state index contributed by atoms with van der Waals surface area (Å²) >= 11 is 0. The minimum Gasteiger partial charge on any atom is -0.381 e. The SMILES string of the molecule is Cc1ncc(C(=O)NC[C@H]2[C@H]3CN(c4ncc(F)c(N)n4)C[C@]34CC[C@H]2O4)[nH]1. The van der Waals surface area contributed by atoms with Gasteiger partial charge in [0.15, 0.2) is 11.6 Å². The Morgan fingerprint density at radius 3 is 3.11 bits per heavy atom. The predicted molar refractivity (Wildman–Crippen MR) is 98.1 cm³/mol. The van der Waals surface area contributed by atoms with Gasteiger partial charge in [-0.15, -0.1) is 0 Å². The van der Waals surface area contributed by atoms with E-state index in [0.717, 1.165) is 19.0 Å². The standard InChI is InChI=1S/C18H22FN7O2/c1-9-21-6-13(24-9)16(27)22-4-10-11-7-26(8-18(11)3-2-14(10)28-18)17-23-5-12(19)15(20)25-17/h5-6,10-11,14H,2-4,7-8H2,1H3,(H,21,24)(H,22,27)(H2,20,23,25)/t10-,11+,14+,18+/m0/s1. The van der Waals surface area contributed by atoms with E-state index in [9.17, 15) is 9.18 Å². The Bertz CT molecular complexity index is 934. The fourth-order valence-corrected chi connectivity index (χ4v) is 4.98. The van der Waals surface area contributed by atoms with Gasteiger partial charge in [0, 0.05) is 24.9 Å². The highest BCUT2D eigenvalue weighted by atomic mass is 19.1. The van der Waals surface area contributed by atoms with Crippen molar-refractivity contribution in [1.82, 2.24) is 25.3 Å². The van der Waals surface area contributed by atoms with Gasteiger partial charge in [-0.2, -0.15) is 4.98 Å². The number of nitrogens with one attached hydrogen (secondary N) is 2. The molecule has 0 aliphatic carbocycles. The number of carbonyl (C=O) groups is 1. The van der Waals surface area contributed by atoms with Crippen molar-refractivity contribution in [2.24, 2.45) is 11.8 Å². The van der Waals surface area contributed by atoms with Crippen LogP contribution in [0.15, 0.2) is 12.4 Å². The van der Waals surface area contributed by atoms with Gasteiger partial charge >= 0.3 is 0 Å². The molecule has 2 aromatic heterocycles. The van der Waals surface area contributed by atoms with Crippen LogP contribution in [-0.2, 0) is 4.74 Å². The number of aromatic nitrogens is 4. The third-order valence-corrected chi connectivity index (χ3v) is 6.27. The number of hydrogen-bond acceptors (Lipinski definition) is 7. The first kappa shape index (κ1) is 17.4. The number of aryl methyl sites for hydroxylation is 1. The van der Waals surface area contributed by atoms with Crippen molar-refractivity contribution in [1.29, 1.82) is 0 Å². The number of H-pyrrole nitrogens is 1. The molecule has 3 aliphatic heterocycles. The Labute approximate surface area is 160 Å². The van der Waals surface area contributed by atoms with Gasteiger partial charge in [-0.25, -0.2) is 14.4 Å². The van der Waals surface area contributed by atoms with Gasteiger partial charge in [0.05, 0.1) is 30.6 Å². The average molecular weight is 387 g/mol. The fraction of sp³-hybridized carbons (Fsp3) is 0.556. The average Bonchev–Trinajstić information content (AvgIpc) is 3.42. The van der Waals surface area contributed by atoms with Gasteiger partial charge in [0.1, 0.15) is 11.5 Å². The van der Waals surface area contributed by atoms with E-state index in [2.05, 4.69) is 25.3 Å². The summed E-state index contributed by atoms with van der Waals surface area (Å²) in [5.74, 6) is 0.663. The van der Waals surface area contributed by atoms with Crippen LogP contribution in [0.5, 0.6) is 0 Å². The summed E-state index contributed by atoms with van der Waals surface area (Å²) < 4.78 is 19.8. The number of anilines is 2. The van der Waals surface area contributed by atoms with Crippen LogP contribution in [0.4, 0.5) is 16.2 Å². The lowest BCUT2D eigenvalue weighted by molar-refractivity contribution is 0.0141. The normalized spacial score (nSPS) is 30.6. The summed E-state index contributed by atoms with van der Waals surface area (Å²) in [5.41, 5.74) is 5.81. The molecule has 5 heterocycles. The molecule has 5 rings (SSSR count). The lowest BCUT2D eigenvalue weighted by Crippen LogP contribution is -2.42. The zero-order valence-electron chi connectivity index (χ0n) is 15.5. The largest absolute Gasteiger partial charge is 0.381 e. The number of carbonyl (C=O) groups excluding carboxylic acids is 1. The Balaban J connectivity index is 1.30. The summed E-state index contributed by atoms with van der Waals surface area (Å²) in [5, 5.41) is 3.01. The van der Waals surface area contributed by atoms with Gasteiger partial charge in [0.2, 0.25) is 5.95 Å². The highest BCUT2D eigenvalue weighted by molar-refractivity contribution is 5.92. The van der Waals surface area contributed by atoms with E-state index < -0.39 is 5.82 Å². The van der Waals surface area contributed by atoms with Gasteiger partial charge in [-0.3, -0.25) is 4.79 Å². The molecule has 2 aromatic rings. The maximum absolute atomic E-state index is 13.4. The summed E-state index contributed by atoms with van der Waals surface area (Å²) in [4.78, 5) is 29.6. The Morgan fingerprint density at radius 2 is 2.36 bits per heavy atom. The van der Waals surface area contributed by atoms with Crippen molar-refractivity contribution in [3.05, 3.63) is 29.7 Å². The van der Waals surface area contributed by atoms with E-state index in [1.165, 1.54) is 6.20 Å². The van der Waals surface area contributed by atoms with E-state index in [4.69, 9.17) is 10.5 Å². The molecule has 3 saturated heterocycles. The van der Waals surface area contributed by atoms with Crippen LogP contribution in [0.25, 0.3) is 0 Å². The van der Waals surface area contributed by atoms with Gasteiger partial charge in [-0.05, 0) is 19.8 Å². The molecule has 4 N–H and O–H groups in total. The molecular formula is C18H22FN7O2. The van der Waals surface area contributed by atoms with Crippen LogP contribution < -0.4 is 16.0 Å². The van der Waals surface area contributed by atoms with E-state index in [1.807, 2.05) is 11.8 Å². The molecule has 0 unspecified atom stereocenters. The Kier molecular flexibility index (Phi) is 3.80. The van der Waals surface area contributed by atoms with E-state index >= 15 is 0 Å². The molecule has 9 nitrogen and oxygen atoms in total. The smallest absolute Gasteiger partial charge is 0.269 e. The molecule has 1 amide bonds. The Morgan fingerprint density at radius 1 is 1.50 bits per heavy atom. The molecule has 4 atom stereocenters. The highest BCUT2D eigenvalue weighted by Gasteiger charge is 2.63. The number of aromatic amines is 1. The molecule has 10 heteroatoms. The summed E-state index contributed by atoms with van der Waals surface area (Å²) in [6.45, 7) is 3.70. The van der Waals surface area contributed by atoms with E-state index in [1.54, 1.807) is 0 Å². The molecule has 3 fully saturated rings. The number of amides is 1. The van der Waals surface area contributed by atoms with Gasteiger partial charge < -0.3 is 25.7 Å². The number of rotatable bonds is 4. The second kappa shape index (κ2) is 6.13. The second-order valence-electron chi connectivity index (χ2n) is 7.91. The molecule has 148 valence electrons. The predicted octanol–water partition coefficient (Wildman–Crippen LogP) is 0.643. The molecule has 2 bridgehead atoms. The minimum absolute atomic E-state index is 0.148. The number of nitrogens with two attached hydrogens (primary N) is 1. The maximum Gasteiger partial charge on any atom is 0.269 e. The number of nitrogen functional groups attached to an aromatic ring is 1. The van der Waals surface area contributed by atoms with Crippen molar-refractivity contribution in [2.45, 2.75) is 31.5 Å². The van der Waals surface area contributed by atoms with E-state index in [0.29, 0.717) is 37.1 Å². The summed E-state index contributed by atoms with van der Waals surface area (Å²) in [6.07, 6.45) is 4.73. The third kappa shape index (κ3) is 2.62. The number of imidazole rings is 1. The highest BCUT2D eigenvalue weighted by Crippen LogP contribution is 2.55. The quantitative estimate of drug-likeness (QED) is 0.704. The monoisotopic (exact) mass is 387 g/mol. The number of hydrogen-bond donors (Lipinski definition) is 3. The van der Waals surface area contributed by atoms with Crippen molar-refractivity contribution in [2.75, 3.05) is 30.3 Å². The maximum atomic E-state index is 13.4. The lowest BCUT2D eigenvalue weighted by Gasteiger charge is -2.29. The van der Waals surface area contributed by atoms with Crippen molar-refractivity contribution >= 4 is 17.7 Å². The third-order valence-electron chi connectivity index (χ3n) is 6.27. The number of fused-ring (bicyclic) bond motifs is 1. The second-order valence-corrected chi connectivity index (χ2v) is 7.91. The van der Waals surface area contributed by atoms with E-state index in [-0.39, 0.29) is 35.3 Å². The Hall–Kier alpha value is -2.75. The van der Waals surface area contributed by atoms with Crippen LogP contribution in [0, 0.1) is 24.6 Å². The first-order valence-electron chi connectivity index (χ1n) is 9.46. The molecule has 1 spiro atoms. The number of halogens is 1. The molecule has 3 aliphatic rings. The van der Waals surface area contributed by atoms with Crippen molar-refractivity contribution in [3.8, 4) is 0 Å². The number of ether oxygens (including phenoxy) is 1. The molecule has 0 radical (unpaired) electrons. The van der Waals surface area contributed by atoms with Gasteiger partial charge in [0.25, 0.3) is 5.91 Å². The van der Waals surface area contributed by atoms with Crippen LogP contribution in [0.2, 0.25) is 0 Å². The molecule has 0 saturated carbocycles. The first-order valence-corrected chi connectivity index (χ1v) is 9.46. The zero-order chi connectivity index (χ0) is 19.5. The summed E-state index contributed by atoms with van der Waals surface area (Å²) in [7, 11) is 0. The minimum atomic E-state index is -0.617. The zero-order valence-corrected chi connectivity index (χ0v) is 15.5. The number of nitrogens with zero attached hydrogens (tertiary/aromatic N) is 4. The van der Waals surface area contributed by atoms with Crippen LogP contribution in [-0.4, -0.2) is 57.2 Å². The first-order chi connectivity index (χ1) is 13.4. The van der Waals surface area contributed by atoms with Crippen LogP contribution >= 0.6 is 0 Å². The lowest BCUT2D eigenvalue weighted by atomic mass is 9.73. The molecular weight excluding hydrogens is 365 g/mol. The summed E-state index contributed by atoms with van der Waals surface area (Å²) in [6, 6.07) is 0. The van der Waals surface area contributed by atoms with Crippen LogP contribution in [0.1, 0.15) is 29.2 Å². The molecule has 0 aromatic carbocycles. The van der Waals surface area contributed by atoms with Crippen molar-refractivity contribution < 1.29 is 13.9 Å². The van der Waals surface area contributed by atoms with Gasteiger partial charge in [-0.1, -0.05) is 0 Å². The van der Waals surface area contributed by atoms with Crippen LogP contribution in [0.3, 0.4) is 0 Å². The topological polar surface area (TPSA) is 122 Å². The fourth-order valence-electron chi connectivity index (χ4n) is 4.98. The molecule has 28 heavy (non-hydrogen) atoms.